The zero-order valence-electron chi connectivity index (χ0n) is 21.5. The fraction of sp³-hybridized carbons (Fsp3) is 0.296. The lowest BCUT2D eigenvalue weighted by atomic mass is 10.0. The molecule has 0 saturated carbocycles. The summed E-state index contributed by atoms with van der Waals surface area (Å²) in [4.78, 5) is 35.9. The van der Waals surface area contributed by atoms with Crippen molar-refractivity contribution >= 4 is 5.91 Å². The zero-order valence-corrected chi connectivity index (χ0v) is 21.5. The van der Waals surface area contributed by atoms with Crippen molar-refractivity contribution in [1.82, 2.24) is 29.2 Å². The van der Waals surface area contributed by atoms with Crippen LogP contribution in [0.4, 0.5) is 17.6 Å². The Balaban J connectivity index is 1.60. The highest BCUT2D eigenvalue weighted by Crippen LogP contribution is 2.35. The van der Waals surface area contributed by atoms with Gasteiger partial charge in [-0.2, -0.15) is 10.1 Å². The number of pyridine rings is 1. The third kappa shape index (κ3) is 4.94. The van der Waals surface area contributed by atoms with E-state index in [-0.39, 0.29) is 43.0 Å². The van der Waals surface area contributed by atoms with Crippen molar-refractivity contribution in [3.63, 3.8) is 0 Å². The van der Waals surface area contributed by atoms with Gasteiger partial charge in [0.15, 0.2) is 11.4 Å². The Bertz CT molecular complexity index is 1650. The minimum absolute atomic E-state index is 0.0115. The highest BCUT2D eigenvalue weighted by Gasteiger charge is 2.35. The van der Waals surface area contributed by atoms with Crippen molar-refractivity contribution in [2.45, 2.75) is 31.7 Å². The molecule has 13 heteroatoms. The normalized spacial score (nSPS) is 15.9. The van der Waals surface area contributed by atoms with E-state index in [9.17, 15) is 32.3 Å². The minimum atomic E-state index is -1.02. The predicted octanol–water partition coefficient (Wildman–Crippen LogP) is 3.93. The fourth-order valence-electron chi connectivity index (χ4n) is 5.13. The molecule has 1 aliphatic rings. The topological polar surface area (TPSA) is 106 Å². The van der Waals surface area contributed by atoms with Crippen LogP contribution in [0.5, 0.6) is 5.88 Å². The van der Waals surface area contributed by atoms with E-state index >= 15 is 0 Å². The van der Waals surface area contributed by atoms with Gasteiger partial charge < -0.3 is 10.0 Å². The van der Waals surface area contributed by atoms with Gasteiger partial charge >= 0.3 is 0 Å². The van der Waals surface area contributed by atoms with Crippen LogP contribution in [-0.4, -0.2) is 53.3 Å². The molecule has 1 saturated heterocycles. The molecule has 208 valence electrons. The second kappa shape index (κ2) is 10.5. The molecule has 5 rings (SSSR count). The average molecular weight is 557 g/mol. The minimum Gasteiger partial charge on any atom is -0.494 e. The van der Waals surface area contributed by atoms with E-state index in [0.29, 0.717) is 17.7 Å². The summed E-state index contributed by atoms with van der Waals surface area (Å²) < 4.78 is 58.6. The number of amides is 1. The largest absolute Gasteiger partial charge is 0.494 e. The maximum atomic E-state index is 14.3. The summed E-state index contributed by atoms with van der Waals surface area (Å²) in [6.45, 7) is 1.77. The van der Waals surface area contributed by atoms with Crippen LogP contribution >= 0.6 is 0 Å². The number of hydrogen-bond acceptors (Lipinski definition) is 6. The van der Waals surface area contributed by atoms with Crippen LogP contribution < -0.4 is 5.56 Å². The van der Waals surface area contributed by atoms with Gasteiger partial charge in [0.2, 0.25) is 5.88 Å². The molecule has 0 spiro atoms. The second-order valence-corrected chi connectivity index (χ2v) is 9.60. The Kier molecular flexibility index (Phi) is 7.13. The van der Waals surface area contributed by atoms with Crippen LogP contribution in [0.1, 0.15) is 53.3 Å². The molecule has 2 atom stereocenters. The van der Waals surface area contributed by atoms with E-state index in [4.69, 9.17) is 0 Å². The first-order chi connectivity index (χ1) is 19.1. The maximum absolute atomic E-state index is 14.3. The zero-order chi connectivity index (χ0) is 28.7. The molecule has 0 aliphatic carbocycles. The third-order valence-corrected chi connectivity index (χ3v) is 6.94. The molecule has 4 aromatic rings. The van der Waals surface area contributed by atoms with E-state index in [1.54, 1.807) is 14.0 Å². The lowest BCUT2D eigenvalue weighted by molar-refractivity contribution is 0.0783. The van der Waals surface area contributed by atoms with E-state index in [2.05, 4.69) is 15.1 Å². The molecule has 1 aromatic carbocycles. The monoisotopic (exact) mass is 556 g/mol. The first-order valence-corrected chi connectivity index (χ1v) is 12.5. The number of halogens is 4. The van der Waals surface area contributed by atoms with Crippen LogP contribution in [0, 0.1) is 23.3 Å². The molecule has 1 aliphatic heterocycles. The van der Waals surface area contributed by atoms with E-state index < -0.39 is 58.1 Å². The van der Waals surface area contributed by atoms with Gasteiger partial charge in [-0.05, 0) is 30.5 Å². The van der Waals surface area contributed by atoms with Gasteiger partial charge in [-0.3, -0.25) is 23.8 Å². The number of rotatable bonds is 6. The van der Waals surface area contributed by atoms with Gasteiger partial charge in [-0.1, -0.05) is 6.92 Å². The molecule has 0 bridgehead atoms. The van der Waals surface area contributed by atoms with Crippen molar-refractivity contribution in [2.75, 3.05) is 13.1 Å². The summed E-state index contributed by atoms with van der Waals surface area (Å²) in [7, 11) is 1.63. The van der Waals surface area contributed by atoms with Crippen molar-refractivity contribution in [2.24, 2.45) is 7.05 Å². The summed E-state index contributed by atoms with van der Waals surface area (Å²) in [5.41, 5.74) is -1.21. The lowest BCUT2D eigenvalue weighted by Crippen LogP contribution is -2.35. The van der Waals surface area contributed by atoms with Crippen molar-refractivity contribution < 1.29 is 27.5 Å². The molecular weight excluding hydrogens is 532 g/mol. The molecule has 0 radical (unpaired) electrons. The number of carbonyl (C=O) groups excluding carboxylic acids is 1. The number of likely N-dealkylation sites (tertiary alicyclic amines) is 1. The molecule has 3 aromatic heterocycles. The van der Waals surface area contributed by atoms with Gasteiger partial charge in [-0.15, -0.1) is 0 Å². The lowest BCUT2D eigenvalue weighted by Gasteiger charge is -2.26. The van der Waals surface area contributed by atoms with Crippen LogP contribution in [-0.2, 0) is 7.05 Å². The molecule has 4 heterocycles. The van der Waals surface area contributed by atoms with Gasteiger partial charge in [0.1, 0.15) is 23.3 Å². The highest BCUT2D eigenvalue weighted by atomic mass is 19.1. The van der Waals surface area contributed by atoms with Crippen molar-refractivity contribution in [3.8, 4) is 17.3 Å². The fourth-order valence-corrected chi connectivity index (χ4v) is 5.13. The second-order valence-electron chi connectivity index (χ2n) is 9.60. The summed E-state index contributed by atoms with van der Waals surface area (Å²) in [6, 6.07) is 2.68. The number of carbonyl (C=O) groups is 1. The Labute approximate surface area is 225 Å². The molecule has 1 unspecified atom stereocenters. The molecule has 1 fully saturated rings. The summed E-state index contributed by atoms with van der Waals surface area (Å²) in [5.74, 6) is -5.57. The molecular formula is C27H24F4N6O3. The SMILES string of the molecule is CC[C@@H](c1cc(F)cc(F)c1)n1c(-c2cnn(C)c2)nc(=O)c(C(=O)N2CCC(c3ncc(F)cc3F)C2)c1O. The highest BCUT2D eigenvalue weighted by molar-refractivity contribution is 5.96. The van der Waals surface area contributed by atoms with Crippen LogP contribution in [0.15, 0.2) is 47.7 Å². The maximum Gasteiger partial charge on any atom is 0.290 e. The van der Waals surface area contributed by atoms with E-state index in [0.717, 1.165) is 18.3 Å². The number of aromatic nitrogens is 5. The predicted molar refractivity (Wildman–Crippen MR) is 135 cm³/mol. The van der Waals surface area contributed by atoms with Gasteiger partial charge in [0.05, 0.1) is 29.7 Å². The average Bonchev–Trinajstić information content (AvgIpc) is 3.54. The quantitative estimate of drug-likeness (QED) is 0.361. The van der Waals surface area contributed by atoms with E-state index in [1.165, 1.54) is 26.5 Å². The molecule has 1 N–H and O–H groups in total. The first-order valence-electron chi connectivity index (χ1n) is 12.5. The molecule has 9 nitrogen and oxygen atoms in total. The number of nitrogens with zero attached hydrogens (tertiary/aromatic N) is 6. The van der Waals surface area contributed by atoms with E-state index in [1.807, 2.05) is 0 Å². The smallest absolute Gasteiger partial charge is 0.290 e. The summed E-state index contributed by atoms with van der Waals surface area (Å²) in [5, 5.41) is 15.5. The van der Waals surface area contributed by atoms with Crippen molar-refractivity contribution in [1.29, 1.82) is 0 Å². The van der Waals surface area contributed by atoms with Crippen LogP contribution in [0.3, 0.4) is 0 Å². The van der Waals surface area contributed by atoms with Crippen LogP contribution in [0.25, 0.3) is 11.4 Å². The summed E-state index contributed by atoms with van der Waals surface area (Å²) in [6.07, 6.45) is 4.30. The number of hydrogen-bond donors (Lipinski definition) is 1. The number of benzene rings is 1. The Hall–Kier alpha value is -4.55. The number of aryl methyl sites for hydroxylation is 1. The summed E-state index contributed by atoms with van der Waals surface area (Å²) >= 11 is 0. The Morgan fingerprint density at radius 3 is 2.45 bits per heavy atom. The Morgan fingerprint density at radius 1 is 1.10 bits per heavy atom. The molecule has 40 heavy (non-hydrogen) atoms. The molecule has 1 amide bonds. The Morgan fingerprint density at radius 2 is 1.82 bits per heavy atom. The van der Waals surface area contributed by atoms with Crippen molar-refractivity contribution in [3.05, 3.63) is 93.3 Å². The first kappa shape index (κ1) is 27.0. The van der Waals surface area contributed by atoms with Gasteiger partial charge in [-0.25, -0.2) is 17.6 Å². The van der Waals surface area contributed by atoms with Crippen LogP contribution in [0.2, 0.25) is 0 Å². The van der Waals surface area contributed by atoms with Gasteiger partial charge in [0.25, 0.3) is 11.5 Å². The third-order valence-electron chi connectivity index (χ3n) is 6.94. The van der Waals surface area contributed by atoms with Gasteiger partial charge in [0, 0.05) is 44.4 Å². The number of aromatic hydroxyl groups is 1. The standard InChI is InChI=1S/C27H24F4N6O3/c1-3-21(15-6-17(28)8-18(29)7-15)37-24(16-10-33-35(2)12-16)34-25(38)22(27(37)40)26(39)36-5-4-14(13-36)23-20(31)9-19(30)11-32-23/h6-12,14,21,40H,3-5,13H2,1-2H3/t14?,21-/m0/s1.